The summed E-state index contributed by atoms with van der Waals surface area (Å²) in [5.74, 6) is -3.40. The number of imide groups is 2. The monoisotopic (exact) mass is 562 g/mol. The second-order valence-electron chi connectivity index (χ2n) is 11.8. The van der Waals surface area contributed by atoms with Gasteiger partial charge in [-0.25, -0.2) is 4.90 Å². The molecule has 42 heavy (non-hydrogen) atoms. The van der Waals surface area contributed by atoms with Crippen LogP contribution in [-0.4, -0.2) is 28.7 Å². The lowest BCUT2D eigenvalue weighted by atomic mass is 9.52. The van der Waals surface area contributed by atoms with Crippen LogP contribution in [0.15, 0.2) is 89.4 Å². The first-order valence-electron chi connectivity index (χ1n) is 14.2. The Labute approximate surface area is 242 Å². The van der Waals surface area contributed by atoms with Crippen LogP contribution in [0.1, 0.15) is 42.8 Å². The maximum atomic E-state index is 14.3. The van der Waals surface area contributed by atoms with E-state index < -0.39 is 35.0 Å². The molecule has 3 aromatic rings. The average molecular weight is 563 g/mol. The van der Waals surface area contributed by atoms with Crippen molar-refractivity contribution >= 4 is 41.1 Å². The van der Waals surface area contributed by atoms with Crippen LogP contribution in [0.25, 0.3) is 6.08 Å². The molecule has 7 rings (SSSR count). The van der Waals surface area contributed by atoms with Crippen molar-refractivity contribution in [1.82, 2.24) is 0 Å². The zero-order chi connectivity index (χ0) is 29.3. The van der Waals surface area contributed by atoms with Gasteiger partial charge in [0.15, 0.2) is 0 Å². The average Bonchev–Trinajstić information content (AvgIpc) is 3.64. The maximum absolute atomic E-state index is 14.3. The summed E-state index contributed by atoms with van der Waals surface area (Å²) in [6.45, 7) is 5.27. The Bertz CT molecular complexity index is 1670. The highest BCUT2D eigenvalue weighted by atomic mass is 16.4. The van der Waals surface area contributed by atoms with Crippen LogP contribution < -0.4 is 9.80 Å². The van der Waals surface area contributed by atoms with E-state index in [4.69, 9.17) is 4.42 Å². The van der Waals surface area contributed by atoms with Crippen molar-refractivity contribution in [1.29, 1.82) is 0 Å². The minimum absolute atomic E-state index is 0.253. The van der Waals surface area contributed by atoms with Crippen molar-refractivity contribution in [3.63, 3.8) is 0 Å². The Morgan fingerprint density at radius 1 is 0.905 bits per heavy atom. The molecule has 1 aromatic heterocycles. The van der Waals surface area contributed by atoms with Gasteiger partial charge in [-0.05, 0) is 67.6 Å². The van der Waals surface area contributed by atoms with Crippen LogP contribution >= 0.6 is 0 Å². The highest BCUT2D eigenvalue weighted by Crippen LogP contribution is 2.63. The quantitative estimate of drug-likeness (QED) is 0.352. The highest BCUT2D eigenvalue weighted by Gasteiger charge is 2.68. The molecule has 6 atom stereocenters. The van der Waals surface area contributed by atoms with Crippen LogP contribution in [0.2, 0.25) is 0 Å². The number of hydrogen-bond donors (Lipinski definition) is 1. The van der Waals surface area contributed by atoms with Gasteiger partial charge >= 0.3 is 0 Å². The molecule has 0 bridgehead atoms. The van der Waals surface area contributed by atoms with Crippen molar-refractivity contribution in [2.75, 3.05) is 9.80 Å². The largest absolute Gasteiger partial charge is 0.463 e. The molecule has 8 heteroatoms. The van der Waals surface area contributed by atoms with Gasteiger partial charge in [0, 0.05) is 0 Å². The molecule has 3 fully saturated rings. The molecular formula is C34H30N2O6. The first-order valence-corrected chi connectivity index (χ1v) is 14.2. The van der Waals surface area contributed by atoms with Crippen molar-refractivity contribution in [3.05, 3.63) is 102 Å². The molecule has 4 amide bonds. The number of para-hydroxylation sites is 1. The molecule has 212 valence electrons. The van der Waals surface area contributed by atoms with Crippen molar-refractivity contribution in [2.45, 2.75) is 32.3 Å². The Morgan fingerprint density at radius 3 is 2.29 bits per heavy atom. The number of hydrogen-bond acceptors (Lipinski definition) is 6. The van der Waals surface area contributed by atoms with Crippen LogP contribution in [0.4, 0.5) is 11.4 Å². The summed E-state index contributed by atoms with van der Waals surface area (Å²) in [5.41, 5.74) is 1.54. The van der Waals surface area contributed by atoms with E-state index >= 15 is 0 Å². The summed E-state index contributed by atoms with van der Waals surface area (Å²) in [5, 5.41) is 9.74. The third kappa shape index (κ3) is 3.51. The summed E-state index contributed by atoms with van der Waals surface area (Å²) in [7, 11) is 0. The Morgan fingerprint density at radius 2 is 1.62 bits per heavy atom. The zero-order valence-corrected chi connectivity index (χ0v) is 23.1. The molecular weight excluding hydrogens is 532 g/mol. The Hall–Kier alpha value is -4.56. The van der Waals surface area contributed by atoms with Gasteiger partial charge in [-0.3, -0.25) is 24.1 Å². The maximum Gasteiger partial charge on any atom is 0.241 e. The van der Waals surface area contributed by atoms with Gasteiger partial charge < -0.3 is 9.52 Å². The fraction of sp³-hybridized carbons (Fsp3) is 0.294. The van der Waals surface area contributed by atoms with Crippen molar-refractivity contribution in [3.8, 4) is 0 Å². The molecule has 4 aliphatic rings. The number of fused-ring (bicyclic) bond motifs is 4. The fourth-order valence-electron chi connectivity index (χ4n) is 7.79. The summed E-state index contributed by atoms with van der Waals surface area (Å²) in [4.78, 5) is 58.7. The van der Waals surface area contributed by atoms with Crippen LogP contribution in [0, 0.1) is 29.1 Å². The smallest absolute Gasteiger partial charge is 0.241 e. The van der Waals surface area contributed by atoms with Gasteiger partial charge in [-0.2, -0.15) is 0 Å². The van der Waals surface area contributed by atoms with Gasteiger partial charge in [-0.1, -0.05) is 54.6 Å². The number of amides is 4. The molecule has 0 unspecified atom stereocenters. The predicted octanol–water partition coefficient (Wildman–Crippen LogP) is 4.85. The number of furan rings is 1. The molecule has 3 heterocycles. The Balaban J connectivity index is 1.34. The lowest BCUT2D eigenvalue weighted by Crippen LogP contribution is -2.48. The molecule has 2 aromatic carbocycles. The minimum atomic E-state index is -1.18. The van der Waals surface area contributed by atoms with Gasteiger partial charge in [-0.15, -0.1) is 0 Å². The van der Waals surface area contributed by atoms with Crippen molar-refractivity contribution < 1.29 is 28.7 Å². The normalized spacial score (nSPS) is 30.2. The van der Waals surface area contributed by atoms with E-state index in [2.05, 4.69) is 6.58 Å². The number of carbonyl (C=O) groups is 4. The van der Waals surface area contributed by atoms with E-state index in [0.29, 0.717) is 29.3 Å². The zero-order valence-electron chi connectivity index (χ0n) is 23.1. The highest BCUT2D eigenvalue weighted by molar-refractivity contribution is 6.25. The number of anilines is 2. The van der Waals surface area contributed by atoms with E-state index in [1.165, 1.54) is 9.80 Å². The summed E-state index contributed by atoms with van der Waals surface area (Å²) in [6, 6.07) is 19.4. The molecule has 1 saturated carbocycles. The number of aliphatic hydroxyl groups excluding tert-OH is 1. The summed E-state index contributed by atoms with van der Waals surface area (Å²) < 4.78 is 6.05. The molecule has 2 aliphatic carbocycles. The topological polar surface area (TPSA) is 108 Å². The lowest BCUT2D eigenvalue weighted by Gasteiger charge is -2.48. The summed E-state index contributed by atoms with van der Waals surface area (Å²) in [6.07, 6.45) is 4.29. The molecule has 2 saturated heterocycles. The van der Waals surface area contributed by atoms with Gasteiger partial charge in [0.2, 0.25) is 23.6 Å². The van der Waals surface area contributed by atoms with E-state index in [1.54, 1.807) is 54.6 Å². The van der Waals surface area contributed by atoms with E-state index in [0.717, 1.165) is 11.1 Å². The molecule has 0 spiro atoms. The van der Waals surface area contributed by atoms with Crippen LogP contribution in [0.3, 0.4) is 0 Å². The van der Waals surface area contributed by atoms with Gasteiger partial charge in [0.05, 0.1) is 40.5 Å². The van der Waals surface area contributed by atoms with Crippen LogP contribution in [0.5, 0.6) is 0 Å². The van der Waals surface area contributed by atoms with Gasteiger partial charge in [0.25, 0.3) is 0 Å². The first-order chi connectivity index (χ1) is 20.3. The number of benzene rings is 2. The Kier molecular flexibility index (Phi) is 5.95. The molecule has 2 aliphatic heterocycles. The number of nitrogens with zero attached hydrogens (tertiary/aromatic N) is 2. The first kappa shape index (κ1) is 26.3. The molecule has 0 radical (unpaired) electrons. The molecule has 1 N–H and O–H groups in total. The van der Waals surface area contributed by atoms with Crippen molar-refractivity contribution in [2.24, 2.45) is 29.1 Å². The van der Waals surface area contributed by atoms with Crippen LogP contribution in [-0.2, 0) is 25.8 Å². The third-order valence-electron chi connectivity index (χ3n) is 9.80. The molecule has 8 nitrogen and oxygen atoms in total. The predicted molar refractivity (Wildman–Crippen MR) is 155 cm³/mol. The minimum Gasteiger partial charge on any atom is -0.463 e. The van der Waals surface area contributed by atoms with Gasteiger partial charge in [0.1, 0.15) is 18.1 Å². The second kappa shape index (κ2) is 9.49. The summed E-state index contributed by atoms with van der Waals surface area (Å²) >= 11 is 0. The number of rotatable bonds is 5. The number of allylic oxidation sites excluding steroid dienone is 2. The SMILES string of the molecule is C=Cc1ccc(N2C(=O)[C@H]3[C@H](CC=C4[C@H]3C[C@H]3C(=O)N(c5ccccc5)C(=O)[C@@]3(C)[C@H]4c3ccc(CO)o3)C2=O)cc1. The van der Waals surface area contributed by atoms with E-state index in [-0.39, 0.29) is 36.7 Å². The number of carbonyl (C=O) groups excluding carboxylic acids is 4. The van der Waals surface area contributed by atoms with E-state index in [1.807, 2.05) is 31.2 Å². The number of aliphatic hydroxyl groups is 1. The standard InChI is InChI=1S/C34H30N2O6/c1-3-19-9-11-21(12-10-19)35-30(38)24-15-14-23-25(28(24)32(35)40)17-26-31(39)36(20-7-5-4-6-8-20)33(41)34(26,2)29(23)27-16-13-22(18-37)42-27/h3-14,16,24-26,28-29,37H,1,15,17-18H2,2H3/t24-,25+,26-,28-,29+,34+/m0/s1. The second-order valence-corrected chi connectivity index (χ2v) is 11.8. The lowest BCUT2D eigenvalue weighted by molar-refractivity contribution is -0.131. The fourth-order valence-corrected chi connectivity index (χ4v) is 7.79. The third-order valence-corrected chi connectivity index (χ3v) is 9.80. The van der Waals surface area contributed by atoms with E-state index in [9.17, 15) is 24.3 Å².